The molecule has 2 aromatic rings. The normalized spacial score (nSPS) is 10.1. The van der Waals surface area contributed by atoms with Crippen LogP contribution in [-0.4, -0.2) is 30.5 Å². The Morgan fingerprint density at radius 3 is 2.62 bits per heavy atom. The maximum absolute atomic E-state index is 13.8. The van der Waals surface area contributed by atoms with Gasteiger partial charge in [0.1, 0.15) is 16.6 Å². The van der Waals surface area contributed by atoms with Crippen LogP contribution >= 0.6 is 11.6 Å². The minimum Gasteiger partial charge on any atom is -0.497 e. The number of esters is 1. The summed E-state index contributed by atoms with van der Waals surface area (Å²) in [6, 6.07) is 7.19. The Bertz CT molecular complexity index is 874. The van der Waals surface area contributed by atoms with Crippen LogP contribution in [0.25, 0.3) is 0 Å². The Morgan fingerprint density at radius 1 is 1.27 bits per heavy atom. The van der Waals surface area contributed by atoms with E-state index < -0.39 is 29.2 Å². The number of ether oxygens (including phenoxy) is 2. The maximum Gasteiger partial charge on any atom is 0.341 e. The third kappa shape index (κ3) is 4.67. The minimum atomic E-state index is -1.04. The number of hydrogen-bond donors (Lipinski definition) is 1. The molecule has 0 aromatic heterocycles. The second kappa shape index (κ2) is 8.26. The molecule has 0 atom stereocenters. The van der Waals surface area contributed by atoms with Gasteiger partial charge in [-0.1, -0.05) is 11.6 Å². The number of rotatable bonds is 6. The van der Waals surface area contributed by atoms with E-state index in [0.29, 0.717) is 0 Å². The monoisotopic (exact) mass is 382 g/mol. The molecular formula is C16H12ClFN2O6. The number of nitrogens with zero attached hydrogens (tertiary/aromatic N) is 1. The van der Waals surface area contributed by atoms with Gasteiger partial charge in [-0.25, -0.2) is 9.18 Å². The lowest BCUT2D eigenvalue weighted by Gasteiger charge is -2.08. The summed E-state index contributed by atoms with van der Waals surface area (Å²) in [5.74, 6) is -2.43. The van der Waals surface area contributed by atoms with Crippen molar-refractivity contribution in [3.63, 3.8) is 0 Å². The van der Waals surface area contributed by atoms with E-state index in [2.05, 4.69) is 5.32 Å². The smallest absolute Gasteiger partial charge is 0.341 e. The number of amides is 1. The number of carbonyl (C=O) groups excluding carboxylic acids is 2. The van der Waals surface area contributed by atoms with Crippen LogP contribution in [0.5, 0.6) is 5.75 Å². The summed E-state index contributed by atoms with van der Waals surface area (Å²) in [6.45, 7) is -0.708. The lowest BCUT2D eigenvalue weighted by Crippen LogP contribution is -2.21. The van der Waals surface area contributed by atoms with Gasteiger partial charge in [-0.05, 0) is 24.3 Å². The van der Waals surface area contributed by atoms with Crippen LogP contribution in [0, 0.1) is 15.9 Å². The number of benzene rings is 2. The number of nitro benzene ring substituents is 1. The first-order chi connectivity index (χ1) is 12.3. The highest BCUT2D eigenvalue weighted by molar-refractivity contribution is 6.32. The van der Waals surface area contributed by atoms with Crippen LogP contribution in [0.3, 0.4) is 0 Å². The highest BCUT2D eigenvalue weighted by atomic mass is 35.5. The summed E-state index contributed by atoms with van der Waals surface area (Å²) >= 11 is 5.67. The third-order valence-electron chi connectivity index (χ3n) is 3.16. The zero-order valence-electron chi connectivity index (χ0n) is 13.3. The van der Waals surface area contributed by atoms with Gasteiger partial charge >= 0.3 is 5.97 Å². The number of nitrogens with one attached hydrogen (secondary N) is 1. The van der Waals surface area contributed by atoms with Crippen molar-refractivity contribution in [2.24, 2.45) is 0 Å². The van der Waals surface area contributed by atoms with E-state index in [9.17, 15) is 24.1 Å². The highest BCUT2D eigenvalue weighted by Crippen LogP contribution is 2.27. The van der Waals surface area contributed by atoms with E-state index in [4.69, 9.17) is 21.1 Å². The van der Waals surface area contributed by atoms with Crippen molar-refractivity contribution in [2.75, 3.05) is 19.0 Å². The molecule has 136 valence electrons. The fourth-order valence-electron chi connectivity index (χ4n) is 1.92. The van der Waals surface area contributed by atoms with E-state index >= 15 is 0 Å². The first kappa shape index (κ1) is 19.1. The average Bonchev–Trinajstić information content (AvgIpc) is 2.60. The van der Waals surface area contributed by atoms with Crippen LogP contribution in [0.1, 0.15) is 10.4 Å². The molecule has 1 amide bonds. The molecule has 0 spiro atoms. The van der Waals surface area contributed by atoms with E-state index in [1.807, 2.05) is 0 Å². The van der Waals surface area contributed by atoms with Crippen LogP contribution < -0.4 is 10.1 Å². The van der Waals surface area contributed by atoms with Gasteiger partial charge in [0.15, 0.2) is 6.61 Å². The Balaban J connectivity index is 1.97. The lowest BCUT2D eigenvalue weighted by molar-refractivity contribution is -0.384. The number of anilines is 1. The fourth-order valence-corrected chi connectivity index (χ4v) is 2.11. The van der Waals surface area contributed by atoms with Crippen molar-refractivity contribution >= 4 is 34.9 Å². The summed E-state index contributed by atoms with van der Waals surface area (Å²) in [6.07, 6.45) is 0. The molecule has 0 aliphatic rings. The second-order valence-electron chi connectivity index (χ2n) is 4.89. The second-order valence-corrected chi connectivity index (χ2v) is 5.30. The number of halogens is 2. The molecular weight excluding hydrogens is 371 g/mol. The molecule has 2 aromatic carbocycles. The van der Waals surface area contributed by atoms with Crippen molar-refractivity contribution in [2.45, 2.75) is 0 Å². The predicted molar refractivity (Wildman–Crippen MR) is 90.0 cm³/mol. The van der Waals surface area contributed by atoms with Gasteiger partial charge in [-0.2, -0.15) is 0 Å². The molecule has 0 heterocycles. The summed E-state index contributed by atoms with van der Waals surface area (Å²) < 4.78 is 23.3. The van der Waals surface area contributed by atoms with E-state index in [1.165, 1.54) is 25.3 Å². The topological polar surface area (TPSA) is 108 Å². The zero-order valence-corrected chi connectivity index (χ0v) is 14.1. The molecule has 2 rings (SSSR count). The molecule has 26 heavy (non-hydrogen) atoms. The number of methoxy groups -OCH3 is 1. The predicted octanol–water partition coefficient (Wildman–Crippen LogP) is 3.19. The largest absolute Gasteiger partial charge is 0.497 e. The molecule has 8 nitrogen and oxygen atoms in total. The number of carbonyl (C=O) groups is 2. The van der Waals surface area contributed by atoms with Crippen LogP contribution in [-0.2, 0) is 9.53 Å². The van der Waals surface area contributed by atoms with Crippen LogP contribution in [0.2, 0.25) is 5.02 Å². The lowest BCUT2D eigenvalue weighted by atomic mass is 10.2. The zero-order chi connectivity index (χ0) is 19.3. The van der Waals surface area contributed by atoms with Crippen molar-refractivity contribution < 1.29 is 28.4 Å². The van der Waals surface area contributed by atoms with Crippen LogP contribution in [0.15, 0.2) is 36.4 Å². The number of hydrogen-bond acceptors (Lipinski definition) is 6. The van der Waals surface area contributed by atoms with Crippen LogP contribution in [0.4, 0.5) is 15.8 Å². The Labute approximate surface area is 151 Å². The summed E-state index contributed by atoms with van der Waals surface area (Å²) in [7, 11) is 1.35. The minimum absolute atomic E-state index is 0.0885. The first-order valence-electron chi connectivity index (χ1n) is 7.06. The Kier molecular flexibility index (Phi) is 6.07. The van der Waals surface area contributed by atoms with Gasteiger partial charge in [-0.3, -0.25) is 14.9 Å². The molecule has 0 aliphatic heterocycles. The molecule has 0 aliphatic carbocycles. The van der Waals surface area contributed by atoms with Gasteiger partial charge in [0, 0.05) is 17.8 Å². The molecule has 0 radical (unpaired) electrons. The van der Waals surface area contributed by atoms with E-state index in [-0.39, 0.29) is 27.7 Å². The Morgan fingerprint density at radius 2 is 2.00 bits per heavy atom. The van der Waals surface area contributed by atoms with Gasteiger partial charge < -0.3 is 14.8 Å². The molecule has 0 saturated heterocycles. The quantitative estimate of drug-likeness (QED) is 0.467. The first-order valence-corrected chi connectivity index (χ1v) is 7.44. The van der Waals surface area contributed by atoms with Crippen molar-refractivity contribution in [3.8, 4) is 5.75 Å². The molecule has 0 fully saturated rings. The number of nitro groups is 1. The van der Waals surface area contributed by atoms with Gasteiger partial charge in [0.05, 0.1) is 17.6 Å². The van der Waals surface area contributed by atoms with Crippen molar-refractivity contribution in [1.82, 2.24) is 0 Å². The van der Waals surface area contributed by atoms with Gasteiger partial charge in [0.25, 0.3) is 11.6 Å². The Hall–Kier alpha value is -3.20. The van der Waals surface area contributed by atoms with E-state index in [0.717, 1.165) is 18.2 Å². The van der Waals surface area contributed by atoms with Gasteiger partial charge in [-0.15, -0.1) is 0 Å². The van der Waals surface area contributed by atoms with Gasteiger partial charge in [0.2, 0.25) is 0 Å². The van der Waals surface area contributed by atoms with Crippen molar-refractivity contribution in [1.29, 1.82) is 0 Å². The average molecular weight is 383 g/mol. The highest BCUT2D eigenvalue weighted by Gasteiger charge is 2.17. The maximum atomic E-state index is 13.8. The molecule has 10 heteroatoms. The standard InChI is InChI=1S/C16H12ClFN2O6/c1-25-10-3-4-11(13(18)7-10)16(22)26-8-15(21)19-9-2-5-12(17)14(6-9)20(23)24/h2-7H,8H2,1H3,(H,19,21). The summed E-state index contributed by atoms with van der Waals surface area (Å²) in [5.41, 5.74) is -0.653. The summed E-state index contributed by atoms with van der Waals surface area (Å²) in [4.78, 5) is 33.7. The molecule has 0 unspecified atom stereocenters. The molecule has 1 N–H and O–H groups in total. The third-order valence-corrected chi connectivity index (χ3v) is 3.48. The molecule has 0 saturated carbocycles. The molecule has 0 bridgehead atoms. The fraction of sp³-hybridized carbons (Fsp3) is 0.125. The summed E-state index contributed by atoms with van der Waals surface area (Å²) in [5, 5.41) is 13.0. The SMILES string of the molecule is COc1ccc(C(=O)OCC(=O)Nc2ccc(Cl)c([N+](=O)[O-])c2)c(F)c1. The van der Waals surface area contributed by atoms with Crippen molar-refractivity contribution in [3.05, 3.63) is 62.9 Å². The van der Waals surface area contributed by atoms with E-state index in [1.54, 1.807) is 0 Å².